The number of para-hydroxylation sites is 1. The number of rotatable bonds is 1. The molecule has 0 spiro atoms. The minimum atomic E-state index is -0.472. The third kappa shape index (κ3) is 1.91. The Morgan fingerprint density at radius 1 is 0.944 bits per heavy atom. The van der Waals surface area contributed by atoms with Gasteiger partial charge < -0.3 is 5.11 Å². The normalized spacial score (nSPS) is 10.7. The van der Waals surface area contributed by atoms with Gasteiger partial charge in [-0.25, -0.2) is 9.37 Å². The lowest BCUT2D eigenvalue weighted by Gasteiger charge is -2.04. The number of hydrogen-bond donors (Lipinski definition) is 1. The summed E-state index contributed by atoms with van der Waals surface area (Å²) in [5, 5.41) is 10.4. The molecule has 2 nitrogen and oxygen atoms in total. The van der Waals surface area contributed by atoms with Crippen LogP contribution in [0.2, 0.25) is 0 Å². The molecule has 18 heavy (non-hydrogen) atoms. The van der Waals surface area contributed by atoms with Gasteiger partial charge in [0, 0.05) is 17.0 Å². The standard InChI is InChI=1S/C15H10FNO/c16-12-7-11(8-13(18)9-12)15-6-5-10-3-1-2-4-14(10)17-15/h1-9,18H. The number of hydrogen-bond acceptors (Lipinski definition) is 2. The summed E-state index contributed by atoms with van der Waals surface area (Å²) < 4.78 is 13.2. The zero-order chi connectivity index (χ0) is 12.5. The molecular weight excluding hydrogens is 229 g/mol. The predicted octanol–water partition coefficient (Wildman–Crippen LogP) is 3.75. The van der Waals surface area contributed by atoms with Crippen molar-refractivity contribution in [2.75, 3.05) is 0 Å². The average molecular weight is 239 g/mol. The molecule has 3 rings (SSSR count). The molecule has 0 atom stereocenters. The Labute approximate surface area is 103 Å². The van der Waals surface area contributed by atoms with E-state index in [1.165, 1.54) is 12.1 Å². The third-order valence-electron chi connectivity index (χ3n) is 2.78. The molecule has 0 fully saturated rings. The monoisotopic (exact) mass is 239 g/mol. The Hall–Kier alpha value is -2.42. The Kier molecular flexibility index (Phi) is 2.45. The third-order valence-corrected chi connectivity index (χ3v) is 2.78. The molecule has 88 valence electrons. The number of halogens is 1. The van der Waals surface area contributed by atoms with Gasteiger partial charge in [-0.2, -0.15) is 0 Å². The van der Waals surface area contributed by atoms with Crippen LogP contribution in [0, 0.1) is 5.82 Å². The van der Waals surface area contributed by atoms with Gasteiger partial charge in [0.15, 0.2) is 0 Å². The summed E-state index contributed by atoms with van der Waals surface area (Å²) in [6.07, 6.45) is 0. The van der Waals surface area contributed by atoms with Crippen molar-refractivity contribution < 1.29 is 9.50 Å². The van der Waals surface area contributed by atoms with Gasteiger partial charge >= 0.3 is 0 Å². The van der Waals surface area contributed by atoms with Crippen LogP contribution in [-0.4, -0.2) is 10.1 Å². The molecule has 0 saturated carbocycles. The second-order valence-corrected chi connectivity index (χ2v) is 4.09. The Balaban J connectivity index is 2.19. The highest BCUT2D eigenvalue weighted by Gasteiger charge is 2.04. The van der Waals surface area contributed by atoms with Crippen LogP contribution in [0.25, 0.3) is 22.2 Å². The van der Waals surface area contributed by atoms with Gasteiger partial charge in [0.05, 0.1) is 11.2 Å². The second-order valence-electron chi connectivity index (χ2n) is 4.09. The van der Waals surface area contributed by atoms with Gasteiger partial charge in [-0.1, -0.05) is 24.3 Å². The van der Waals surface area contributed by atoms with Gasteiger partial charge in [-0.05, 0) is 24.3 Å². The first-order valence-electron chi connectivity index (χ1n) is 5.58. The quantitative estimate of drug-likeness (QED) is 0.701. The maximum absolute atomic E-state index is 13.2. The SMILES string of the molecule is Oc1cc(F)cc(-c2ccc3ccccc3n2)c1. The van der Waals surface area contributed by atoms with Gasteiger partial charge in [-0.15, -0.1) is 0 Å². The second kappa shape index (κ2) is 4.11. The first kappa shape index (κ1) is 10.7. The highest BCUT2D eigenvalue weighted by molar-refractivity contribution is 5.81. The van der Waals surface area contributed by atoms with E-state index in [2.05, 4.69) is 4.98 Å². The fourth-order valence-electron chi connectivity index (χ4n) is 1.95. The zero-order valence-electron chi connectivity index (χ0n) is 9.47. The van der Waals surface area contributed by atoms with Crippen molar-refractivity contribution in [3.8, 4) is 17.0 Å². The Morgan fingerprint density at radius 3 is 2.61 bits per heavy atom. The van der Waals surface area contributed by atoms with Crippen molar-refractivity contribution in [3.63, 3.8) is 0 Å². The van der Waals surface area contributed by atoms with E-state index in [1.54, 1.807) is 0 Å². The van der Waals surface area contributed by atoms with Crippen molar-refractivity contribution in [1.82, 2.24) is 4.98 Å². The summed E-state index contributed by atoms with van der Waals surface area (Å²) >= 11 is 0. The summed E-state index contributed by atoms with van der Waals surface area (Å²) in [4.78, 5) is 4.45. The topological polar surface area (TPSA) is 33.1 Å². The maximum Gasteiger partial charge on any atom is 0.127 e. The molecule has 1 aromatic heterocycles. The van der Waals surface area contributed by atoms with Gasteiger partial charge in [0.2, 0.25) is 0 Å². The lowest BCUT2D eigenvalue weighted by atomic mass is 10.1. The van der Waals surface area contributed by atoms with E-state index in [0.29, 0.717) is 11.3 Å². The molecule has 1 N–H and O–H groups in total. The van der Waals surface area contributed by atoms with E-state index < -0.39 is 5.82 Å². The van der Waals surface area contributed by atoms with Crippen LogP contribution in [0.5, 0.6) is 5.75 Å². The number of phenols is 1. The summed E-state index contributed by atoms with van der Waals surface area (Å²) in [7, 11) is 0. The van der Waals surface area contributed by atoms with Gasteiger partial charge in [-0.3, -0.25) is 0 Å². The minimum Gasteiger partial charge on any atom is -0.508 e. The van der Waals surface area contributed by atoms with Crippen LogP contribution in [0.1, 0.15) is 0 Å². The van der Waals surface area contributed by atoms with Crippen molar-refractivity contribution in [3.05, 3.63) is 60.4 Å². The molecule has 0 aliphatic heterocycles. The van der Waals surface area contributed by atoms with E-state index in [9.17, 15) is 9.50 Å². The zero-order valence-corrected chi connectivity index (χ0v) is 9.47. The molecule has 3 heteroatoms. The van der Waals surface area contributed by atoms with E-state index in [4.69, 9.17) is 0 Å². The van der Waals surface area contributed by atoms with E-state index in [1.807, 2.05) is 36.4 Å². The Morgan fingerprint density at radius 2 is 1.78 bits per heavy atom. The van der Waals surface area contributed by atoms with Crippen LogP contribution >= 0.6 is 0 Å². The fourth-order valence-corrected chi connectivity index (χ4v) is 1.95. The molecule has 3 aromatic rings. The molecule has 0 saturated heterocycles. The van der Waals surface area contributed by atoms with Crippen molar-refractivity contribution in [2.24, 2.45) is 0 Å². The highest BCUT2D eigenvalue weighted by Crippen LogP contribution is 2.25. The number of nitrogens with zero attached hydrogens (tertiary/aromatic N) is 1. The molecule has 2 aromatic carbocycles. The smallest absolute Gasteiger partial charge is 0.127 e. The molecule has 0 amide bonds. The number of aromatic nitrogens is 1. The first-order valence-corrected chi connectivity index (χ1v) is 5.58. The van der Waals surface area contributed by atoms with Crippen LogP contribution < -0.4 is 0 Å². The van der Waals surface area contributed by atoms with Crippen LogP contribution in [0.15, 0.2) is 54.6 Å². The van der Waals surface area contributed by atoms with Gasteiger partial charge in [0.1, 0.15) is 11.6 Å². The average Bonchev–Trinajstić information content (AvgIpc) is 2.37. The van der Waals surface area contributed by atoms with Crippen molar-refractivity contribution in [1.29, 1.82) is 0 Å². The molecule has 0 unspecified atom stereocenters. The summed E-state index contributed by atoms with van der Waals surface area (Å²) in [5.74, 6) is -0.570. The minimum absolute atomic E-state index is 0.0973. The summed E-state index contributed by atoms with van der Waals surface area (Å²) in [6.45, 7) is 0. The van der Waals surface area contributed by atoms with Crippen LogP contribution in [0.3, 0.4) is 0 Å². The fraction of sp³-hybridized carbons (Fsp3) is 0. The highest BCUT2D eigenvalue weighted by atomic mass is 19.1. The van der Waals surface area contributed by atoms with Gasteiger partial charge in [0.25, 0.3) is 0 Å². The van der Waals surface area contributed by atoms with Crippen molar-refractivity contribution in [2.45, 2.75) is 0 Å². The first-order chi connectivity index (χ1) is 8.72. The molecule has 1 heterocycles. The number of aromatic hydroxyl groups is 1. The molecule has 0 bridgehead atoms. The largest absolute Gasteiger partial charge is 0.508 e. The lowest BCUT2D eigenvalue weighted by Crippen LogP contribution is -1.86. The number of fused-ring (bicyclic) bond motifs is 1. The van der Waals surface area contributed by atoms with E-state index in [0.717, 1.165) is 17.0 Å². The summed E-state index contributed by atoms with van der Waals surface area (Å²) in [6, 6.07) is 15.4. The van der Waals surface area contributed by atoms with Crippen molar-refractivity contribution >= 4 is 10.9 Å². The maximum atomic E-state index is 13.2. The predicted molar refractivity (Wildman–Crippen MR) is 68.8 cm³/mol. The number of pyridine rings is 1. The molecule has 0 radical (unpaired) electrons. The van der Waals surface area contributed by atoms with Crippen LogP contribution in [-0.2, 0) is 0 Å². The number of benzene rings is 2. The molecule has 0 aliphatic rings. The van der Waals surface area contributed by atoms with Crippen LogP contribution in [0.4, 0.5) is 4.39 Å². The number of phenolic OH excluding ortho intramolecular Hbond substituents is 1. The molecular formula is C15H10FNO. The molecule has 0 aliphatic carbocycles. The lowest BCUT2D eigenvalue weighted by molar-refractivity contribution is 0.469. The van der Waals surface area contributed by atoms with E-state index in [-0.39, 0.29) is 5.75 Å². The Bertz CT molecular complexity index is 704. The van der Waals surface area contributed by atoms with E-state index >= 15 is 0 Å². The summed E-state index contributed by atoms with van der Waals surface area (Å²) in [5.41, 5.74) is 2.06.